The summed E-state index contributed by atoms with van der Waals surface area (Å²) < 4.78 is 0. The van der Waals surface area contributed by atoms with Gasteiger partial charge in [0, 0.05) is 11.8 Å². The first-order chi connectivity index (χ1) is 12.9. The zero-order valence-corrected chi connectivity index (χ0v) is 14.9. The zero-order chi connectivity index (χ0) is 19.4. The van der Waals surface area contributed by atoms with E-state index in [2.05, 4.69) is 15.5 Å². The number of azo groups is 1. The number of nitro benzene ring substituents is 1. The number of anilines is 2. The van der Waals surface area contributed by atoms with Crippen molar-refractivity contribution in [2.75, 3.05) is 5.32 Å². The van der Waals surface area contributed by atoms with Crippen LogP contribution in [-0.4, -0.2) is 10.0 Å². The number of phenolic OH excluding ortho intramolecular Hbond substituents is 1. The van der Waals surface area contributed by atoms with E-state index >= 15 is 0 Å². The predicted molar refractivity (Wildman–Crippen MR) is 105 cm³/mol. The minimum atomic E-state index is -0.405. The summed E-state index contributed by atoms with van der Waals surface area (Å²) in [5.74, 6) is 0.187. The van der Waals surface area contributed by atoms with Crippen LogP contribution in [0, 0.1) is 24.0 Å². The van der Waals surface area contributed by atoms with E-state index in [4.69, 9.17) is 0 Å². The molecule has 0 aliphatic rings. The quantitative estimate of drug-likeness (QED) is 0.326. The molecule has 0 fully saturated rings. The van der Waals surface area contributed by atoms with Gasteiger partial charge in [0.1, 0.15) is 11.4 Å². The van der Waals surface area contributed by atoms with Gasteiger partial charge in [-0.3, -0.25) is 10.1 Å². The van der Waals surface area contributed by atoms with Crippen LogP contribution in [0.15, 0.2) is 70.9 Å². The van der Waals surface area contributed by atoms with Gasteiger partial charge in [0.15, 0.2) is 0 Å². The van der Waals surface area contributed by atoms with Gasteiger partial charge in [-0.15, -0.1) is 0 Å². The first-order valence-corrected chi connectivity index (χ1v) is 8.26. The van der Waals surface area contributed by atoms with E-state index in [-0.39, 0.29) is 11.4 Å². The number of hydrogen-bond acceptors (Lipinski definition) is 6. The Kier molecular flexibility index (Phi) is 5.12. The SMILES string of the molecule is Cc1ccc(Nc2ccc(N=Nc3ccc(O)cc3C)cc2)c([N+](=O)[O-])c1. The number of aryl methyl sites for hydroxylation is 2. The monoisotopic (exact) mass is 362 g/mol. The van der Waals surface area contributed by atoms with Crippen molar-refractivity contribution >= 4 is 28.4 Å². The number of benzene rings is 3. The minimum Gasteiger partial charge on any atom is -0.508 e. The molecule has 0 aliphatic heterocycles. The van der Waals surface area contributed by atoms with Crippen LogP contribution in [-0.2, 0) is 0 Å². The van der Waals surface area contributed by atoms with Crippen molar-refractivity contribution in [2.45, 2.75) is 13.8 Å². The molecule has 2 N–H and O–H groups in total. The van der Waals surface area contributed by atoms with Gasteiger partial charge in [0.05, 0.1) is 16.3 Å². The Morgan fingerprint density at radius 1 is 0.963 bits per heavy atom. The normalized spacial score (nSPS) is 10.9. The van der Waals surface area contributed by atoms with Crippen LogP contribution in [0.2, 0.25) is 0 Å². The van der Waals surface area contributed by atoms with Gasteiger partial charge in [-0.1, -0.05) is 6.07 Å². The Morgan fingerprint density at radius 3 is 2.37 bits per heavy atom. The van der Waals surface area contributed by atoms with Crippen LogP contribution < -0.4 is 5.32 Å². The third-order valence-electron chi connectivity index (χ3n) is 3.95. The Morgan fingerprint density at radius 2 is 1.70 bits per heavy atom. The molecule has 136 valence electrons. The molecule has 0 unspecified atom stereocenters. The van der Waals surface area contributed by atoms with Crippen LogP contribution in [0.1, 0.15) is 11.1 Å². The number of phenols is 1. The Labute approximate surface area is 156 Å². The summed E-state index contributed by atoms with van der Waals surface area (Å²) in [6.45, 7) is 3.65. The molecule has 0 saturated carbocycles. The van der Waals surface area contributed by atoms with Crippen molar-refractivity contribution < 1.29 is 10.0 Å². The lowest BCUT2D eigenvalue weighted by molar-refractivity contribution is -0.384. The van der Waals surface area contributed by atoms with Gasteiger partial charge in [-0.25, -0.2) is 0 Å². The van der Waals surface area contributed by atoms with Gasteiger partial charge in [0.2, 0.25) is 0 Å². The van der Waals surface area contributed by atoms with Crippen LogP contribution in [0.4, 0.5) is 28.4 Å². The summed E-state index contributed by atoms with van der Waals surface area (Å²) in [5, 5.41) is 32.0. The summed E-state index contributed by atoms with van der Waals surface area (Å²) >= 11 is 0. The smallest absolute Gasteiger partial charge is 0.292 e. The molecule has 0 radical (unpaired) electrons. The summed E-state index contributed by atoms with van der Waals surface area (Å²) in [6.07, 6.45) is 0. The summed E-state index contributed by atoms with van der Waals surface area (Å²) in [5.41, 5.74) is 4.14. The maximum atomic E-state index is 11.2. The number of nitrogens with one attached hydrogen (secondary N) is 1. The highest BCUT2D eigenvalue weighted by atomic mass is 16.6. The summed E-state index contributed by atoms with van der Waals surface area (Å²) in [6, 6.07) is 17.0. The molecule has 0 bridgehead atoms. The molecule has 7 heteroatoms. The van der Waals surface area contributed by atoms with Crippen LogP contribution >= 0.6 is 0 Å². The fourth-order valence-corrected chi connectivity index (χ4v) is 2.53. The van der Waals surface area contributed by atoms with Gasteiger partial charge in [-0.05, 0) is 73.5 Å². The van der Waals surface area contributed by atoms with Crippen LogP contribution in [0.3, 0.4) is 0 Å². The maximum absolute atomic E-state index is 11.2. The van der Waals surface area contributed by atoms with Gasteiger partial charge in [0.25, 0.3) is 5.69 Å². The molecule has 0 aromatic heterocycles. The second-order valence-corrected chi connectivity index (χ2v) is 6.12. The second-order valence-electron chi connectivity index (χ2n) is 6.12. The highest BCUT2D eigenvalue weighted by Crippen LogP contribution is 2.30. The summed E-state index contributed by atoms with van der Waals surface area (Å²) in [4.78, 5) is 10.8. The van der Waals surface area contributed by atoms with Crippen molar-refractivity contribution in [3.63, 3.8) is 0 Å². The average Bonchev–Trinajstić information content (AvgIpc) is 2.63. The van der Waals surface area contributed by atoms with E-state index in [1.807, 2.05) is 19.9 Å². The number of nitrogens with zero attached hydrogens (tertiary/aromatic N) is 3. The third kappa shape index (κ3) is 4.46. The predicted octanol–water partition coefficient (Wildman–Crippen LogP) is 6.08. The highest BCUT2D eigenvalue weighted by Gasteiger charge is 2.13. The van der Waals surface area contributed by atoms with Gasteiger partial charge < -0.3 is 10.4 Å². The molecular weight excluding hydrogens is 344 g/mol. The van der Waals surface area contributed by atoms with Gasteiger partial charge >= 0.3 is 0 Å². The van der Waals surface area contributed by atoms with E-state index in [9.17, 15) is 15.2 Å². The Balaban J connectivity index is 1.76. The zero-order valence-electron chi connectivity index (χ0n) is 14.9. The van der Waals surface area contributed by atoms with E-state index in [0.29, 0.717) is 22.7 Å². The van der Waals surface area contributed by atoms with Crippen LogP contribution in [0.25, 0.3) is 0 Å². The molecule has 0 amide bonds. The van der Waals surface area contributed by atoms with E-state index in [0.717, 1.165) is 11.1 Å². The number of rotatable bonds is 5. The van der Waals surface area contributed by atoms with Crippen molar-refractivity contribution in [1.29, 1.82) is 0 Å². The molecule has 0 saturated heterocycles. The lowest BCUT2D eigenvalue weighted by atomic mass is 10.2. The molecule has 0 spiro atoms. The standard InChI is InChI=1S/C20H18N4O3/c1-13-3-9-19(20(11-13)24(26)27)21-15-4-6-16(7-5-15)22-23-18-10-8-17(25)12-14(18)2/h3-12,21,25H,1-2H3. The molecule has 7 nitrogen and oxygen atoms in total. The fraction of sp³-hybridized carbons (Fsp3) is 0.100. The molecule has 0 aliphatic carbocycles. The van der Waals surface area contributed by atoms with Crippen LogP contribution in [0.5, 0.6) is 5.75 Å². The van der Waals surface area contributed by atoms with Crippen molar-refractivity contribution in [3.05, 3.63) is 81.9 Å². The van der Waals surface area contributed by atoms with E-state index < -0.39 is 4.92 Å². The van der Waals surface area contributed by atoms with Crippen molar-refractivity contribution in [2.24, 2.45) is 10.2 Å². The van der Waals surface area contributed by atoms with Gasteiger partial charge in [-0.2, -0.15) is 10.2 Å². The molecule has 3 aromatic rings. The second kappa shape index (κ2) is 7.65. The molecule has 27 heavy (non-hydrogen) atoms. The summed E-state index contributed by atoms with van der Waals surface area (Å²) in [7, 11) is 0. The fourth-order valence-electron chi connectivity index (χ4n) is 2.53. The van der Waals surface area contributed by atoms with Crippen molar-refractivity contribution in [1.82, 2.24) is 0 Å². The first-order valence-electron chi connectivity index (χ1n) is 8.26. The largest absolute Gasteiger partial charge is 0.508 e. The van der Waals surface area contributed by atoms with E-state index in [1.54, 1.807) is 48.5 Å². The molecule has 0 heterocycles. The highest BCUT2D eigenvalue weighted by molar-refractivity contribution is 5.70. The minimum absolute atomic E-state index is 0.0292. The lowest BCUT2D eigenvalue weighted by Crippen LogP contribution is -1.97. The number of nitro groups is 1. The first kappa shape index (κ1) is 18.1. The maximum Gasteiger partial charge on any atom is 0.292 e. The Bertz CT molecular complexity index is 1010. The average molecular weight is 362 g/mol. The number of hydrogen-bond donors (Lipinski definition) is 2. The topological polar surface area (TPSA) is 100 Å². The molecule has 3 aromatic carbocycles. The molecular formula is C20H18N4O3. The molecule has 0 atom stereocenters. The third-order valence-corrected chi connectivity index (χ3v) is 3.95. The van der Waals surface area contributed by atoms with E-state index in [1.165, 1.54) is 6.07 Å². The Hall–Kier alpha value is -3.74. The lowest BCUT2D eigenvalue weighted by Gasteiger charge is -2.08. The van der Waals surface area contributed by atoms with Crippen molar-refractivity contribution in [3.8, 4) is 5.75 Å². The number of aromatic hydroxyl groups is 1. The molecule has 3 rings (SSSR count).